The normalized spacial score (nSPS) is 13.1. The molecule has 0 atom stereocenters. The zero-order valence-electron chi connectivity index (χ0n) is 7.12. The lowest BCUT2D eigenvalue weighted by molar-refractivity contribution is -0.115. The van der Waals surface area contributed by atoms with Gasteiger partial charge in [0, 0.05) is 12.8 Å². The van der Waals surface area contributed by atoms with Gasteiger partial charge in [0.2, 0.25) is 6.43 Å². The van der Waals surface area contributed by atoms with Gasteiger partial charge in [0.05, 0.1) is 4.48 Å². The molecule has 0 aliphatic heterocycles. The monoisotopic (exact) mass is 258 g/mol. The second-order valence-corrected chi connectivity index (χ2v) is 3.37. The summed E-state index contributed by atoms with van der Waals surface area (Å²) in [6, 6.07) is 0. The topological polar surface area (TPSA) is 17.1 Å². The van der Waals surface area contributed by atoms with Gasteiger partial charge in [0.1, 0.15) is 6.67 Å². The lowest BCUT2D eigenvalue weighted by Gasteiger charge is -2.01. The van der Waals surface area contributed by atoms with Gasteiger partial charge in [-0.1, -0.05) is 0 Å². The molecule has 5 heteroatoms. The molecule has 0 aromatic rings. The first kappa shape index (κ1) is 12.7. The van der Waals surface area contributed by atoms with E-state index in [1.807, 2.05) is 0 Å². The second kappa shape index (κ2) is 6.18. The molecule has 0 saturated heterocycles. The molecule has 0 fully saturated rings. The molecule has 0 aromatic heterocycles. The maximum atomic E-state index is 12.0. The first-order valence-corrected chi connectivity index (χ1v) is 4.51. The highest BCUT2D eigenvalue weighted by Crippen LogP contribution is 2.17. The predicted octanol–water partition coefficient (Wildman–Crippen LogP) is 3.24. The minimum absolute atomic E-state index is 0.0793. The molecule has 0 rings (SSSR count). The highest BCUT2D eigenvalue weighted by Gasteiger charge is 2.12. The van der Waals surface area contributed by atoms with E-state index in [0.29, 0.717) is 0 Å². The number of carbonyl (C=O) groups excluding carboxylic acids is 1. The molecule has 0 bridgehead atoms. The van der Waals surface area contributed by atoms with Gasteiger partial charge < -0.3 is 0 Å². The van der Waals surface area contributed by atoms with E-state index in [1.54, 1.807) is 0 Å². The summed E-state index contributed by atoms with van der Waals surface area (Å²) >= 11 is 2.86. The van der Waals surface area contributed by atoms with Crippen LogP contribution in [0.4, 0.5) is 13.2 Å². The Kier molecular flexibility index (Phi) is 6.03. The Balaban J connectivity index is 4.12. The third-order valence-electron chi connectivity index (χ3n) is 1.41. The summed E-state index contributed by atoms with van der Waals surface area (Å²) in [4.78, 5) is 11.0. The standard InChI is InChI=1S/C8H10BrF3O/c1-5(4-10)8(9)6(13)2-3-7(11)12/h7H,2-4H2,1H3/b8-5-. The highest BCUT2D eigenvalue weighted by atomic mass is 79.9. The van der Waals surface area contributed by atoms with Crippen LogP contribution in [0.5, 0.6) is 0 Å². The maximum absolute atomic E-state index is 12.0. The summed E-state index contributed by atoms with van der Waals surface area (Å²) in [7, 11) is 0. The summed E-state index contributed by atoms with van der Waals surface area (Å²) in [6.07, 6.45) is -3.22. The molecule has 0 amide bonds. The number of halogens is 4. The zero-order valence-corrected chi connectivity index (χ0v) is 8.70. The minimum atomic E-state index is -2.49. The molecule has 0 saturated carbocycles. The van der Waals surface area contributed by atoms with Crippen LogP contribution in [-0.2, 0) is 4.79 Å². The van der Waals surface area contributed by atoms with Crippen LogP contribution < -0.4 is 0 Å². The van der Waals surface area contributed by atoms with Crippen molar-refractivity contribution in [2.75, 3.05) is 6.67 Å². The third kappa shape index (κ3) is 5.08. The van der Waals surface area contributed by atoms with E-state index in [0.717, 1.165) is 0 Å². The Labute approximate surface area is 83.1 Å². The Hall–Kier alpha value is -0.320. The number of rotatable bonds is 5. The van der Waals surface area contributed by atoms with Crippen molar-refractivity contribution < 1.29 is 18.0 Å². The van der Waals surface area contributed by atoms with Crippen molar-refractivity contribution in [2.24, 2.45) is 0 Å². The van der Waals surface area contributed by atoms with Gasteiger partial charge in [-0.05, 0) is 28.4 Å². The summed E-state index contributed by atoms with van der Waals surface area (Å²) in [5.74, 6) is -0.476. The van der Waals surface area contributed by atoms with E-state index in [2.05, 4.69) is 15.9 Å². The summed E-state index contributed by atoms with van der Waals surface area (Å²) < 4.78 is 35.5. The number of carbonyl (C=O) groups is 1. The van der Waals surface area contributed by atoms with Gasteiger partial charge in [-0.2, -0.15) is 0 Å². The van der Waals surface area contributed by atoms with Crippen LogP contribution in [0.1, 0.15) is 19.8 Å². The molecule has 0 aliphatic carbocycles. The maximum Gasteiger partial charge on any atom is 0.239 e. The predicted molar refractivity (Wildman–Crippen MR) is 47.8 cm³/mol. The molecular formula is C8H10BrF3O. The number of hydrogen-bond donors (Lipinski definition) is 0. The first-order valence-electron chi connectivity index (χ1n) is 3.71. The lowest BCUT2D eigenvalue weighted by Crippen LogP contribution is -2.03. The van der Waals surface area contributed by atoms with Gasteiger partial charge in [0.15, 0.2) is 5.78 Å². The largest absolute Gasteiger partial charge is 0.294 e. The molecule has 0 aliphatic rings. The number of alkyl halides is 3. The number of allylic oxidation sites excluding steroid dienone is 2. The molecule has 1 nitrogen and oxygen atoms in total. The Bertz CT molecular complexity index is 213. The lowest BCUT2D eigenvalue weighted by atomic mass is 10.1. The fourth-order valence-electron chi connectivity index (χ4n) is 0.647. The Morgan fingerprint density at radius 2 is 2.00 bits per heavy atom. The van der Waals surface area contributed by atoms with Gasteiger partial charge in [-0.3, -0.25) is 4.79 Å². The van der Waals surface area contributed by atoms with E-state index < -0.39 is 25.3 Å². The minimum Gasteiger partial charge on any atom is -0.294 e. The first-order chi connectivity index (χ1) is 5.99. The van der Waals surface area contributed by atoms with Crippen molar-refractivity contribution in [2.45, 2.75) is 26.2 Å². The molecule has 0 N–H and O–H groups in total. The zero-order chi connectivity index (χ0) is 10.4. The van der Waals surface area contributed by atoms with Crippen molar-refractivity contribution in [3.05, 3.63) is 10.1 Å². The van der Waals surface area contributed by atoms with Crippen LogP contribution in [0.25, 0.3) is 0 Å². The summed E-state index contributed by atoms with van der Waals surface area (Å²) in [5.41, 5.74) is 0.235. The Morgan fingerprint density at radius 3 is 2.38 bits per heavy atom. The molecule has 0 heterocycles. The van der Waals surface area contributed by atoms with E-state index in [4.69, 9.17) is 0 Å². The van der Waals surface area contributed by atoms with E-state index in [9.17, 15) is 18.0 Å². The molecule has 0 unspecified atom stereocenters. The van der Waals surface area contributed by atoms with Crippen LogP contribution >= 0.6 is 15.9 Å². The van der Waals surface area contributed by atoms with Crippen LogP contribution in [0.15, 0.2) is 10.1 Å². The SMILES string of the molecule is C/C(CF)=C(/Br)C(=O)CCC(F)F. The average Bonchev–Trinajstić information content (AvgIpc) is 2.11. The average molecular weight is 259 g/mol. The smallest absolute Gasteiger partial charge is 0.239 e. The van der Waals surface area contributed by atoms with Crippen molar-refractivity contribution in [3.8, 4) is 0 Å². The fraction of sp³-hybridized carbons (Fsp3) is 0.625. The van der Waals surface area contributed by atoms with Gasteiger partial charge in [0.25, 0.3) is 0 Å². The molecule has 0 aromatic carbocycles. The van der Waals surface area contributed by atoms with Crippen LogP contribution in [0, 0.1) is 0 Å². The highest BCUT2D eigenvalue weighted by molar-refractivity contribution is 9.12. The van der Waals surface area contributed by atoms with Crippen molar-refractivity contribution in [3.63, 3.8) is 0 Å². The quantitative estimate of drug-likeness (QED) is 0.692. The summed E-state index contributed by atoms with van der Waals surface area (Å²) in [5, 5.41) is 0. The molecule has 76 valence electrons. The van der Waals surface area contributed by atoms with E-state index >= 15 is 0 Å². The van der Waals surface area contributed by atoms with Gasteiger partial charge in [-0.25, -0.2) is 13.2 Å². The number of Topliss-reactive ketones (excluding diaryl/α,β-unsaturated/α-hetero) is 1. The van der Waals surface area contributed by atoms with Crippen LogP contribution in [0.3, 0.4) is 0 Å². The number of ketones is 1. The molecule has 13 heavy (non-hydrogen) atoms. The van der Waals surface area contributed by atoms with E-state index in [-0.39, 0.29) is 16.5 Å². The fourth-order valence-corrected chi connectivity index (χ4v) is 0.951. The number of hydrogen-bond acceptors (Lipinski definition) is 1. The van der Waals surface area contributed by atoms with Crippen LogP contribution in [-0.4, -0.2) is 18.9 Å². The van der Waals surface area contributed by atoms with Crippen LogP contribution in [0.2, 0.25) is 0 Å². The molecule has 0 spiro atoms. The van der Waals surface area contributed by atoms with Crippen molar-refractivity contribution >= 4 is 21.7 Å². The van der Waals surface area contributed by atoms with Crippen molar-refractivity contribution in [1.29, 1.82) is 0 Å². The van der Waals surface area contributed by atoms with E-state index in [1.165, 1.54) is 6.92 Å². The third-order valence-corrected chi connectivity index (χ3v) is 2.53. The van der Waals surface area contributed by atoms with Crippen molar-refractivity contribution in [1.82, 2.24) is 0 Å². The molecular weight excluding hydrogens is 249 g/mol. The molecule has 0 radical (unpaired) electrons. The van der Waals surface area contributed by atoms with Gasteiger partial charge >= 0.3 is 0 Å². The van der Waals surface area contributed by atoms with Gasteiger partial charge in [-0.15, -0.1) is 0 Å². The summed E-state index contributed by atoms with van der Waals surface area (Å²) in [6.45, 7) is 0.686. The Morgan fingerprint density at radius 1 is 1.46 bits per heavy atom. The second-order valence-electron chi connectivity index (χ2n) is 2.58.